The van der Waals surface area contributed by atoms with Gasteiger partial charge < -0.3 is 4.98 Å². The van der Waals surface area contributed by atoms with E-state index in [0.717, 1.165) is 32.2 Å². The first-order valence-corrected chi connectivity index (χ1v) is 7.80. The van der Waals surface area contributed by atoms with E-state index in [-0.39, 0.29) is 5.82 Å². The second-order valence-electron chi connectivity index (χ2n) is 4.38. The number of rotatable bonds is 3. The number of benzene rings is 1. The predicted octanol–water partition coefficient (Wildman–Crippen LogP) is 4.46. The van der Waals surface area contributed by atoms with Crippen LogP contribution in [0.1, 0.15) is 11.3 Å². The van der Waals surface area contributed by atoms with Crippen molar-refractivity contribution >= 4 is 38.9 Å². The van der Waals surface area contributed by atoms with E-state index >= 15 is 0 Å². The molecule has 0 unspecified atom stereocenters. The molecule has 0 atom stereocenters. The van der Waals surface area contributed by atoms with Gasteiger partial charge in [0.25, 0.3) is 0 Å². The highest BCUT2D eigenvalue weighted by Crippen LogP contribution is 2.25. The van der Waals surface area contributed by atoms with E-state index in [0.29, 0.717) is 5.65 Å². The van der Waals surface area contributed by atoms with Crippen LogP contribution in [0.4, 0.5) is 4.39 Å². The molecular formula is C14H11BrFN3S. The minimum absolute atomic E-state index is 0.216. The van der Waals surface area contributed by atoms with Crippen LogP contribution >= 0.6 is 27.7 Å². The van der Waals surface area contributed by atoms with Gasteiger partial charge in [-0.15, -0.1) is 0 Å². The van der Waals surface area contributed by atoms with Crippen molar-refractivity contribution in [3.63, 3.8) is 0 Å². The van der Waals surface area contributed by atoms with Crippen molar-refractivity contribution in [3.8, 4) is 0 Å². The molecule has 0 amide bonds. The van der Waals surface area contributed by atoms with Gasteiger partial charge in [0.2, 0.25) is 0 Å². The molecule has 3 rings (SSSR count). The number of H-pyrrole nitrogens is 1. The van der Waals surface area contributed by atoms with Crippen molar-refractivity contribution in [2.75, 3.05) is 0 Å². The molecule has 0 aliphatic heterocycles. The standard InChI is InChI=1S/C14H11BrFN3S/c1-8-11(15)6-12-13(17-8)19-14(18-12)20-7-9-2-4-10(16)5-3-9/h2-6H,7H2,1H3,(H,17,18,19). The molecule has 0 saturated carbocycles. The molecule has 20 heavy (non-hydrogen) atoms. The van der Waals surface area contributed by atoms with Gasteiger partial charge >= 0.3 is 0 Å². The number of aryl methyl sites for hydroxylation is 1. The Kier molecular flexibility index (Phi) is 3.76. The van der Waals surface area contributed by atoms with Crippen molar-refractivity contribution in [2.24, 2.45) is 0 Å². The van der Waals surface area contributed by atoms with Crippen molar-refractivity contribution in [1.29, 1.82) is 0 Å². The number of thioether (sulfide) groups is 1. The van der Waals surface area contributed by atoms with Crippen molar-refractivity contribution < 1.29 is 4.39 Å². The summed E-state index contributed by atoms with van der Waals surface area (Å²) < 4.78 is 13.8. The number of hydrogen-bond donors (Lipinski definition) is 1. The molecule has 2 aromatic heterocycles. The summed E-state index contributed by atoms with van der Waals surface area (Å²) >= 11 is 5.03. The molecule has 1 aromatic carbocycles. The third-order valence-electron chi connectivity index (χ3n) is 2.87. The van der Waals surface area contributed by atoms with Gasteiger partial charge in [-0.1, -0.05) is 23.9 Å². The number of aromatic nitrogens is 3. The van der Waals surface area contributed by atoms with Gasteiger partial charge in [-0.05, 0) is 46.6 Å². The van der Waals surface area contributed by atoms with Crippen LogP contribution in [0.25, 0.3) is 11.2 Å². The minimum atomic E-state index is -0.216. The van der Waals surface area contributed by atoms with Crippen molar-refractivity contribution in [3.05, 3.63) is 51.9 Å². The Hall–Kier alpha value is -1.40. The summed E-state index contributed by atoms with van der Waals surface area (Å²) in [6, 6.07) is 8.48. The number of hydrogen-bond acceptors (Lipinski definition) is 3. The zero-order chi connectivity index (χ0) is 14.1. The van der Waals surface area contributed by atoms with Gasteiger partial charge in [-0.2, -0.15) is 0 Å². The second-order valence-corrected chi connectivity index (χ2v) is 6.20. The van der Waals surface area contributed by atoms with Crippen LogP contribution in [-0.4, -0.2) is 15.0 Å². The Morgan fingerprint density at radius 3 is 2.75 bits per heavy atom. The molecule has 6 heteroatoms. The average Bonchev–Trinajstić information content (AvgIpc) is 2.80. The molecule has 0 bridgehead atoms. The molecule has 0 aliphatic carbocycles. The molecule has 0 aliphatic rings. The molecule has 0 radical (unpaired) electrons. The van der Waals surface area contributed by atoms with Crippen LogP contribution < -0.4 is 0 Å². The molecular weight excluding hydrogens is 341 g/mol. The van der Waals surface area contributed by atoms with E-state index < -0.39 is 0 Å². The Morgan fingerprint density at radius 1 is 1.25 bits per heavy atom. The smallest absolute Gasteiger partial charge is 0.178 e. The van der Waals surface area contributed by atoms with Crippen molar-refractivity contribution in [1.82, 2.24) is 15.0 Å². The summed E-state index contributed by atoms with van der Waals surface area (Å²) in [7, 11) is 0. The van der Waals surface area contributed by atoms with E-state index in [1.54, 1.807) is 23.9 Å². The van der Waals surface area contributed by atoms with Crippen LogP contribution in [0.2, 0.25) is 0 Å². The topological polar surface area (TPSA) is 41.6 Å². The summed E-state index contributed by atoms with van der Waals surface area (Å²) in [6.07, 6.45) is 0. The summed E-state index contributed by atoms with van der Waals surface area (Å²) in [4.78, 5) is 12.1. The fraction of sp³-hybridized carbons (Fsp3) is 0.143. The van der Waals surface area contributed by atoms with Crippen LogP contribution in [0, 0.1) is 12.7 Å². The SMILES string of the molecule is Cc1nc2nc(SCc3ccc(F)cc3)[nH]c2cc1Br. The Labute approximate surface area is 128 Å². The van der Waals surface area contributed by atoms with Crippen molar-refractivity contribution in [2.45, 2.75) is 17.8 Å². The van der Waals surface area contributed by atoms with E-state index in [1.807, 2.05) is 13.0 Å². The highest BCUT2D eigenvalue weighted by Gasteiger charge is 2.07. The lowest BCUT2D eigenvalue weighted by molar-refractivity contribution is 0.627. The number of pyridine rings is 1. The van der Waals surface area contributed by atoms with Gasteiger partial charge in [0.15, 0.2) is 10.8 Å². The van der Waals surface area contributed by atoms with Gasteiger partial charge in [-0.25, -0.2) is 14.4 Å². The van der Waals surface area contributed by atoms with E-state index in [1.165, 1.54) is 12.1 Å². The Morgan fingerprint density at radius 2 is 2.00 bits per heavy atom. The predicted molar refractivity (Wildman–Crippen MR) is 82.3 cm³/mol. The highest BCUT2D eigenvalue weighted by atomic mass is 79.9. The van der Waals surface area contributed by atoms with Crippen LogP contribution in [0.15, 0.2) is 40.0 Å². The Balaban J connectivity index is 1.79. The number of fused-ring (bicyclic) bond motifs is 1. The lowest BCUT2D eigenvalue weighted by atomic mass is 10.2. The maximum absolute atomic E-state index is 12.8. The zero-order valence-electron chi connectivity index (χ0n) is 10.7. The van der Waals surface area contributed by atoms with Crippen LogP contribution in [-0.2, 0) is 5.75 Å². The quantitative estimate of drug-likeness (QED) is 0.708. The third-order valence-corrected chi connectivity index (χ3v) is 4.62. The lowest BCUT2D eigenvalue weighted by Gasteiger charge is -1.98. The minimum Gasteiger partial charge on any atom is -0.331 e. The summed E-state index contributed by atoms with van der Waals surface area (Å²) in [5.74, 6) is 0.521. The highest BCUT2D eigenvalue weighted by molar-refractivity contribution is 9.10. The fourth-order valence-corrected chi connectivity index (χ4v) is 2.93. The summed E-state index contributed by atoms with van der Waals surface area (Å²) in [5.41, 5.74) is 3.60. The van der Waals surface area contributed by atoms with Gasteiger partial charge in [0.1, 0.15) is 5.82 Å². The summed E-state index contributed by atoms with van der Waals surface area (Å²) in [5, 5.41) is 0.814. The van der Waals surface area contributed by atoms with Gasteiger partial charge in [0.05, 0.1) is 11.2 Å². The summed E-state index contributed by atoms with van der Waals surface area (Å²) in [6.45, 7) is 1.93. The number of aromatic amines is 1. The van der Waals surface area contributed by atoms with Crippen LogP contribution in [0.5, 0.6) is 0 Å². The van der Waals surface area contributed by atoms with Crippen LogP contribution in [0.3, 0.4) is 0 Å². The van der Waals surface area contributed by atoms with E-state index in [2.05, 4.69) is 30.9 Å². The monoisotopic (exact) mass is 351 g/mol. The maximum atomic E-state index is 12.8. The number of nitrogens with zero attached hydrogens (tertiary/aromatic N) is 2. The molecule has 0 spiro atoms. The second kappa shape index (κ2) is 5.54. The lowest BCUT2D eigenvalue weighted by Crippen LogP contribution is -1.84. The number of imidazole rings is 1. The maximum Gasteiger partial charge on any atom is 0.178 e. The van der Waals surface area contributed by atoms with Gasteiger partial charge in [0, 0.05) is 10.2 Å². The molecule has 2 heterocycles. The first kappa shape index (κ1) is 13.6. The Bertz CT molecular complexity index is 716. The molecule has 3 nitrogen and oxygen atoms in total. The van der Waals surface area contributed by atoms with E-state index in [4.69, 9.17) is 0 Å². The van der Waals surface area contributed by atoms with E-state index in [9.17, 15) is 4.39 Å². The molecule has 1 N–H and O–H groups in total. The first-order valence-electron chi connectivity index (χ1n) is 6.02. The number of nitrogens with one attached hydrogen (secondary N) is 1. The molecule has 102 valence electrons. The zero-order valence-corrected chi connectivity index (χ0v) is 13.1. The largest absolute Gasteiger partial charge is 0.331 e. The molecule has 0 fully saturated rings. The third kappa shape index (κ3) is 2.86. The normalized spacial score (nSPS) is 11.2. The fourth-order valence-electron chi connectivity index (χ4n) is 1.79. The number of halogens is 2. The first-order chi connectivity index (χ1) is 9.61. The molecule has 3 aromatic rings. The average molecular weight is 352 g/mol. The van der Waals surface area contributed by atoms with Gasteiger partial charge in [-0.3, -0.25) is 0 Å². The molecule has 0 saturated heterocycles.